The quantitative estimate of drug-likeness (QED) is 0.427. The van der Waals surface area contributed by atoms with E-state index in [1.165, 1.54) is 31.0 Å². The Morgan fingerprint density at radius 2 is 2.10 bits per heavy atom. The van der Waals surface area contributed by atoms with Gasteiger partial charge in [0.05, 0.1) is 11.4 Å². The van der Waals surface area contributed by atoms with Crippen molar-refractivity contribution in [2.24, 2.45) is 5.92 Å². The fraction of sp³-hybridized carbons (Fsp3) is 0.391. The summed E-state index contributed by atoms with van der Waals surface area (Å²) in [5, 5.41) is 12.7. The van der Waals surface area contributed by atoms with Crippen molar-refractivity contribution in [3.63, 3.8) is 0 Å². The van der Waals surface area contributed by atoms with Crippen molar-refractivity contribution in [3.8, 4) is 11.4 Å². The third-order valence-electron chi connectivity index (χ3n) is 5.71. The Morgan fingerprint density at radius 1 is 1.26 bits per heavy atom. The molecular formula is C23H26BrN5OS. The van der Waals surface area contributed by atoms with Gasteiger partial charge in [0.25, 0.3) is 0 Å². The van der Waals surface area contributed by atoms with Crippen LogP contribution in [0.1, 0.15) is 44.2 Å². The lowest BCUT2D eigenvalue weighted by Crippen LogP contribution is -2.23. The predicted molar refractivity (Wildman–Crippen MR) is 128 cm³/mol. The maximum absolute atomic E-state index is 12.6. The molecule has 0 saturated heterocycles. The van der Waals surface area contributed by atoms with Crippen molar-refractivity contribution in [3.05, 3.63) is 52.8 Å². The van der Waals surface area contributed by atoms with Crippen LogP contribution in [0, 0.1) is 12.8 Å². The molecule has 0 aliphatic heterocycles. The van der Waals surface area contributed by atoms with E-state index in [4.69, 9.17) is 0 Å². The molecule has 31 heavy (non-hydrogen) atoms. The minimum absolute atomic E-state index is 0.0660. The Kier molecular flexibility index (Phi) is 7.07. The molecule has 3 aromatic rings. The number of anilines is 1. The van der Waals surface area contributed by atoms with Crippen molar-refractivity contribution in [1.82, 2.24) is 19.7 Å². The molecule has 8 heteroatoms. The molecule has 0 unspecified atom stereocenters. The van der Waals surface area contributed by atoms with Gasteiger partial charge in [-0.15, -0.1) is 10.2 Å². The van der Waals surface area contributed by atoms with Crippen molar-refractivity contribution >= 4 is 39.3 Å². The van der Waals surface area contributed by atoms with E-state index < -0.39 is 0 Å². The Hall–Kier alpha value is -2.19. The molecular weight excluding hydrogens is 474 g/mol. The third kappa shape index (κ3) is 5.18. The zero-order valence-electron chi connectivity index (χ0n) is 17.7. The van der Waals surface area contributed by atoms with Crippen LogP contribution in [0.3, 0.4) is 0 Å². The van der Waals surface area contributed by atoms with Gasteiger partial charge in [0.2, 0.25) is 5.91 Å². The Bertz CT molecular complexity index is 1060. The molecule has 6 nitrogen and oxygen atoms in total. The van der Waals surface area contributed by atoms with Crippen molar-refractivity contribution in [2.75, 3.05) is 11.1 Å². The van der Waals surface area contributed by atoms with E-state index in [0.717, 1.165) is 38.7 Å². The van der Waals surface area contributed by atoms with Crippen LogP contribution in [-0.2, 0) is 4.79 Å². The van der Waals surface area contributed by atoms with Crippen LogP contribution in [0.4, 0.5) is 5.69 Å². The third-order valence-corrected chi connectivity index (χ3v) is 7.31. The molecule has 1 aromatic carbocycles. The fourth-order valence-corrected chi connectivity index (χ4v) is 5.47. The van der Waals surface area contributed by atoms with Gasteiger partial charge in [-0.05, 0) is 71.4 Å². The first-order chi connectivity index (χ1) is 15.0. The van der Waals surface area contributed by atoms with Gasteiger partial charge in [0.15, 0.2) is 11.0 Å². The zero-order chi connectivity index (χ0) is 21.8. The highest BCUT2D eigenvalue weighted by Gasteiger charge is 2.29. The van der Waals surface area contributed by atoms with E-state index in [2.05, 4.69) is 47.9 Å². The minimum Gasteiger partial charge on any atom is -0.324 e. The highest BCUT2D eigenvalue weighted by Crippen LogP contribution is 2.38. The maximum atomic E-state index is 12.6. The van der Waals surface area contributed by atoms with Gasteiger partial charge in [-0.3, -0.25) is 14.3 Å². The highest BCUT2D eigenvalue weighted by atomic mass is 79.9. The molecule has 2 heterocycles. The molecule has 0 radical (unpaired) electrons. The lowest BCUT2D eigenvalue weighted by molar-refractivity contribution is -0.113. The summed E-state index contributed by atoms with van der Waals surface area (Å²) in [6.45, 7) is 4.32. The number of rotatable bonds is 6. The second-order valence-electron chi connectivity index (χ2n) is 8.07. The maximum Gasteiger partial charge on any atom is 0.234 e. The van der Waals surface area contributed by atoms with Crippen LogP contribution in [0.15, 0.2) is 52.4 Å². The number of thioether (sulfide) groups is 1. The van der Waals surface area contributed by atoms with Gasteiger partial charge in [0.1, 0.15) is 0 Å². The van der Waals surface area contributed by atoms with Crippen LogP contribution in [0.2, 0.25) is 0 Å². The van der Waals surface area contributed by atoms with Crippen LogP contribution >= 0.6 is 27.7 Å². The van der Waals surface area contributed by atoms with E-state index in [-0.39, 0.29) is 11.7 Å². The number of aromatic nitrogens is 4. The number of carbonyl (C=O) groups is 1. The molecule has 2 aromatic heterocycles. The predicted octanol–water partition coefficient (Wildman–Crippen LogP) is 5.89. The van der Waals surface area contributed by atoms with Crippen molar-refractivity contribution in [2.45, 2.75) is 50.7 Å². The first-order valence-corrected chi connectivity index (χ1v) is 12.3. The molecule has 1 aliphatic carbocycles. The summed E-state index contributed by atoms with van der Waals surface area (Å²) in [4.78, 5) is 16.9. The Labute approximate surface area is 195 Å². The van der Waals surface area contributed by atoms with E-state index in [9.17, 15) is 4.79 Å². The van der Waals surface area contributed by atoms with E-state index >= 15 is 0 Å². The monoisotopic (exact) mass is 499 g/mol. The van der Waals surface area contributed by atoms with Crippen LogP contribution in [0.5, 0.6) is 0 Å². The first-order valence-electron chi connectivity index (χ1n) is 10.6. The average Bonchev–Trinajstić information content (AvgIpc) is 3.19. The topological polar surface area (TPSA) is 72.7 Å². The molecule has 1 N–H and O–H groups in total. The molecule has 1 aliphatic rings. The number of halogens is 1. The first kappa shape index (κ1) is 22.0. The SMILES string of the molecule is Cc1ccc(NC(=O)CSc2nnc(-c3cccnc3)n2[C@H]2CCCC[C@@H]2C)c(Br)c1. The van der Waals surface area contributed by atoms with Gasteiger partial charge in [0, 0.05) is 28.5 Å². The number of hydrogen-bond donors (Lipinski definition) is 1. The summed E-state index contributed by atoms with van der Waals surface area (Å²) in [5.74, 6) is 1.57. The number of carbonyl (C=O) groups excluding carboxylic acids is 1. The molecule has 0 bridgehead atoms. The summed E-state index contributed by atoms with van der Waals surface area (Å²) in [6, 6.07) is 10.1. The number of aryl methyl sites for hydroxylation is 1. The molecule has 1 saturated carbocycles. The lowest BCUT2D eigenvalue weighted by Gasteiger charge is -2.31. The van der Waals surface area contributed by atoms with Gasteiger partial charge in [-0.1, -0.05) is 37.6 Å². The summed E-state index contributed by atoms with van der Waals surface area (Å²) in [7, 11) is 0. The number of nitrogens with zero attached hydrogens (tertiary/aromatic N) is 4. The van der Waals surface area contributed by atoms with Crippen molar-refractivity contribution in [1.29, 1.82) is 0 Å². The number of nitrogens with one attached hydrogen (secondary N) is 1. The summed E-state index contributed by atoms with van der Waals surface area (Å²) >= 11 is 4.95. The molecule has 4 rings (SSSR count). The number of amides is 1. The normalized spacial score (nSPS) is 18.7. The second-order valence-corrected chi connectivity index (χ2v) is 9.86. The standard InChI is InChI=1S/C23H26BrN5OS/c1-15-9-10-19(18(24)12-15)26-21(30)14-31-23-28-27-22(17-7-5-11-25-13-17)29(23)20-8-4-3-6-16(20)2/h5,7,9-13,16,20H,3-4,6,8,14H2,1-2H3,(H,26,30)/t16-,20-/m0/s1. The fourth-order valence-electron chi connectivity index (χ4n) is 4.08. The summed E-state index contributed by atoms with van der Waals surface area (Å²) < 4.78 is 3.12. The highest BCUT2D eigenvalue weighted by molar-refractivity contribution is 9.10. The molecule has 0 spiro atoms. The van der Waals surface area contributed by atoms with Crippen molar-refractivity contribution < 1.29 is 4.79 Å². The molecule has 162 valence electrons. The van der Waals surface area contributed by atoms with Crippen LogP contribution in [-0.4, -0.2) is 31.4 Å². The van der Waals surface area contributed by atoms with Crippen LogP contribution in [0.25, 0.3) is 11.4 Å². The number of hydrogen-bond acceptors (Lipinski definition) is 5. The summed E-state index contributed by atoms with van der Waals surface area (Å²) in [6.07, 6.45) is 8.34. The molecule has 2 atom stereocenters. The minimum atomic E-state index is -0.0660. The smallest absolute Gasteiger partial charge is 0.234 e. The Morgan fingerprint density at radius 3 is 2.84 bits per heavy atom. The van der Waals surface area contributed by atoms with E-state index in [1.54, 1.807) is 6.20 Å². The van der Waals surface area contributed by atoms with Crippen LogP contribution < -0.4 is 5.32 Å². The second kappa shape index (κ2) is 9.96. The van der Waals surface area contributed by atoms with Gasteiger partial charge in [-0.2, -0.15) is 0 Å². The van der Waals surface area contributed by atoms with Gasteiger partial charge >= 0.3 is 0 Å². The zero-order valence-corrected chi connectivity index (χ0v) is 20.1. The van der Waals surface area contributed by atoms with Gasteiger partial charge in [-0.25, -0.2) is 0 Å². The van der Waals surface area contributed by atoms with E-state index in [0.29, 0.717) is 12.0 Å². The Balaban J connectivity index is 1.55. The van der Waals surface area contributed by atoms with Gasteiger partial charge < -0.3 is 5.32 Å². The number of pyridine rings is 1. The molecule has 1 amide bonds. The summed E-state index contributed by atoms with van der Waals surface area (Å²) in [5.41, 5.74) is 2.86. The van der Waals surface area contributed by atoms with E-state index in [1.807, 2.05) is 43.5 Å². The lowest BCUT2D eigenvalue weighted by atomic mass is 9.85. The average molecular weight is 500 g/mol. The number of benzene rings is 1. The largest absolute Gasteiger partial charge is 0.324 e. The molecule has 1 fully saturated rings.